The molecule has 0 fully saturated rings. The van der Waals surface area contributed by atoms with Gasteiger partial charge in [-0.05, 0) is 19.1 Å². The number of rotatable bonds is 4. The molecule has 1 heterocycles. The van der Waals surface area contributed by atoms with Crippen molar-refractivity contribution in [1.29, 1.82) is 5.26 Å². The largest absolute Gasteiger partial charge is 0.248 e. The molecule has 0 aliphatic carbocycles. The Hall–Kier alpha value is -1.71. The van der Waals surface area contributed by atoms with E-state index in [2.05, 4.69) is 4.98 Å². The highest BCUT2D eigenvalue weighted by atomic mass is 32.2. The summed E-state index contributed by atoms with van der Waals surface area (Å²) in [5, 5.41) is 9.10. The highest BCUT2D eigenvalue weighted by molar-refractivity contribution is 7.90. The van der Waals surface area contributed by atoms with E-state index in [0.29, 0.717) is 9.90 Å². The smallest absolute Gasteiger partial charge is 0.184 e. The van der Waals surface area contributed by atoms with Gasteiger partial charge in [0, 0.05) is 11.1 Å². The summed E-state index contributed by atoms with van der Waals surface area (Å²) < 4.78 is 24.4. The Balaban J connectivity index is 2.21. The van der Waals surface area contributed by atoms with E-state index in [1.807, 2.05) is 13.0 Å². The quantitative estimate of drug-likeness (QED) is 0.868. The molecule has 0 bridgehead atoms. The fourth-order valence-electron chi connectivity index (χ4n) is 1.57. The van der Waals surface area contributed by atoms with E-state index in [0.717, 1.165) is 10.4 Å². The fourth-order valence-corrected chi connectivity index (χ4v) is 4.03. The minimum absolute atomic E-state index is 0.119. The lowest BCUT2D eigenvalue weighted by molar-refractivity contribution is 0.595. The molecule has 0 aliphatic rings. The Kier molecular flexibility index (Phi) is 3.98. The van der Waals surface area contributed by atoms with Crippen LogP contribution in [0.2, 0.25) is 0 Å². The van der Waals surface area contributed by atoms with Crippen LogP contribution in [-0.2, 0) is 22.0 Å². The van der Waals surface area contributed by atoms with Crippen LogP contribution in [0.15, 0.2) is 35.4 Å². The van der Waals surface area contributed by atoms with Crippen molar-refractivity contribution < 1.29 is 8.42 Å². The molecule has 0 aliphatic heterocycles. The topological polar surface area (TPSA) is 70.8 Å². The minimum atomic E-state index is -3.37. The number of aromatic nitrogens is 1. The van der Waals surface area contributed by atoms with Crippen molar-refractivity contribution in [1.82, 2.24) is 4.98 Å². The van der Waals surface area contributed by atoms with Crippen molar-refractivity contribution in [3.8, 4) is 6.07 Å². The maximum atomic E-state index is 12.2. The van der Waals surface area contributed by atoms with Crippen LogP contribution in [0.1, 0.15) is 15.4 Å². The average molecular weight is 292 g/mol. The van der Waals surface area contributed by atoms with Gasteiger partial charge in [-0.2, -0.15) is 5.26 Å². The first-order chi connectivity index (χ1) is 9.01. The molecule has 1 aromatic heterocycles. The zero-order valence-electron chi connectivity index (χ0n) is 10.3. The third-order valence-electron chi connectivity index (χ3n) is 2.55. The second kappa shape index (κ2) is 5.51. The normalized spacial score (nSPS) is 11.2. The molecular formula is C13H12N2O2S2. The number of hydrogen-bond acceptors (Lipinski definition) is 5. The monoisotopic (exact) mass is 292 g/mol. The Morgan fingerprint density at radius 2 is 2.00 bits per heavy atom. The van der Waals surface area contributed by atoms with Crippen molar-refractivity contribution >= 4 is 21.2 Å². The van der Waals surface area contributed by atoms with E-state index in [1.165, 1.54) is 11.3 Å². The molecule has 4 nitrogen and oxygen atoms in total. The van der Waals surface area contributed by atoms with E-state index in [1.54, 1.807) is 30.5 Å². The van der Waals surface area contributed by atoms with E-state index >= 15 is 0 Å². The summed E-state index contributed by atoms with van der Waals surface area (Å²) in [5.74, 6) is -0.119. The molecule has 2 aromatic rings. The first kappa shape index (κ1) is 13.7. The molecule has 98 valence electrons. The van der Waals surface area contributed by atoms with Gasteiger partial charge in [-0.3, -0.25) is 0 Å². The number of thiazole rings is 1. The molecule has 0 radical (unpaired) electrons. The minimum Gasteiger partial charge on any atom is -0.248 e. The molecule has 0 saturated heterocycles. The molecule has 0 unspecified atom stereocenters. The van der Waals surface area contributed by atoms with E-state index in [-0.39, 0.29) is 12.2 Å². The summed E-state index contributed by atoms with van der Waals surface area (Å²) in [6.07, 6.45) is 1.83. The molecule has 19 heavy (non-hydrogen) atoms. The number of aryl methyl sites for hydroxylation is 1. The molecule has 0 saturated carbocycles. The summed E-state index contributed by atoms with van der Waals surface area (Å²) in [7, 11) is -3.37. The van der Waals surface area contributed by atoms with Crippen molar-refractivity contribution in [2.75, 3.05) is 0 Å². The van der Waals surface area contributed by atoms with Crippen LogP contribution in [0, 0.1) is 18.3 Å². The predicted molar refractivity (Wildman–Crippen MR) is 73.5 cm³/mol. The van der Waals surface area contributed by atoms with Crippen LogP contribution in [0.3, 0.4) is 0 Å². The van der Waals surface area contributed by atoms with Crippen molar-refractivity contribution in [3.05, 3.63) is 45.9 Å². The molecule has 0 N–H and O–H groups in total. The summed E-state index contributed by atoms with van der Waals surface area (Å²) in [6, 6.07) is 8.78. The summed E-state index contributed by atoms with van der Waals surface area (Å²) in [6.45, 7) is 1.91. The van der Waals surface area contributed by atoms with E-state index in [9.17, 15) is 8.42 Å². The average Bonchev–Trinajstić information content (AvgIpc) is 2.77. The fraction of sp³-hybridized carbons (Fsp3) is 0.231. The van der Waals surface area contributed by atoms with Gasteiger partial charge < -0.3 is 0 Å². The number of sulfone groups is 1. The first-order valence-electron chi connectivity index (χ1n) is 5.61. The van der Waals surface area contributed by atoms with E-state index < -0.39 is 9.84 Å². The number of nitrogens with zero attached hydrogens (tertiary/aromatic N) is 2. The number of benzene rings is 1. The standard InChI is InChI=1S/C13H12N2O2S2/c1-10-2-4-12(5-3-10)19(16,17)9-13-15-8-11(18-13)6-7-14/h2-5,8H,6,9H2,1H3. The van der Waals surface area contributed by atoms with Gasteiger partial charge in [0.05, 0.1) is 17.4 Å². The van der Waals surface area contributed by atoms with Crippen LogP contribution in [0.4, 0.5) is 0 Å². The van der Waals surface area contributed by atoms with Crippen LogP contribution in [0.25, 0.3) is 0 Å². The molecule has 0 atom stereocenters. The molecule has 6 heteroatoms. The third kappa shape index (κ3) is 3.40. The van der Waals surface area contributed by atoms with Crippen molar-refractivity contribution in [3.63, 3.8) is 0 Å². The maximum Gasteiger partial charge on any atom is 0.184 e. The zero-order chi connectivity index (χ0) is 13.9. The third-order valence-corrected chi connectivity index (χ3v) is 5.37. The molecule has 0 spiro atoms. The van der Waals surface area contributed by atoms with Gasteiger partial charge in [-0.15, -0.1) is 11.3 Å². The summed E-state index contributed by atoms with van der Waals surface area (Å²) >= 11 is 1.27. The Labute approximate surface area is 116 Å². The Morgan fingerprint density at radius 1 is 1.32 bits per heavy atom. The van der Waals surface area contributed by atoms with Crippen LogP contribution >= 0.6 is 11.3 Å². The van der Waals surface area contributed by atoms with Crippen molar-refractivity contribution in [2.45, 2.75) is 24.0 Å². The molecule has 2 rings (SSSR count). The van der Waals surface area contributed by atoms with Crippen LogP contribution in [0.5, 0.6) is 0 Å². The van der Waals surface area contributed by atoms with Gasteiger partial charge in [0.15, 0.2) is 9.84 Å². The Morgan fingerprint density at radius 3 is 2.63 bits per heavy atom. The number of hydrogen-bond donors (Lipinski definition) is 0. The summed E-state index contributed by atoms with van der Waals surface area (Å²) in [5.41, 5.74) is 1.02. The lowest BCUT2D eigenvalue weighted by Gasteiger charge is -2.02. The van der Waals surface area contributed by atoms with Gasteiger partial charge in [0.1, 0.15) is 10.8 Å². The first-order valence-corrected chi connectivity index (χ1v) is 8.08. The van der Waals surface area contributed by atoms with Gasteiger partial charge >= 0.3 is 0 Å². The second-order valence-electron chi connectivity index (χ2n) is 4.13. The zero-order valence-corrected chi connectivity index (χ0v) is 12.0. The van der Waals surface area contributed by atoms with Crippen molar-refractivity contribution in [2.24, 2.45) is 0 Å². The van der Waals surface area contributed by atoms with Gasteiger partial charge in [-0.1, -0.05) is 17.7 Å². The second-order valence-corrected chi connectivity index (χ2v) is 7.32. The molecule has 0 amide bonds. The van der Waals surface area contributed by atoms with Gasteiger partial charge in [0.2, 0.25) is 0 Å². The molecule has 1 aromatic carbocycles. The van der Waals surface area contributed by atoms with Crippen LogP contribution < -0.4 is 0 Å². The lowest BCUT2D eigenvalue weighted by Crippen LogP contribution is -2.04. The van der Waals surface area contributed by atoms with Gasteiger partial charge in [-0.25, -0.2) is 13.4 Å². The summed E-state index contributed by atoms with van der Waals surface area (Å²) in [4.78, 5) is 5.14. The molecular weight excluding hydrogens is 280 g/mol. The highest BCUT2D eigenvalue weighted by Gasteiger charge is 2.17. The van der Waals surface area contributed by atoms with Gasteiger partial charge in [0.25, 0.3) is 0 Å². The number of nitriles is 1. The Bertz CT molecular complexity index is 710. The van der Waals surface area contributed by atoms with E-state index in [4.69, 9.17) is 5.26 Å². The highest BCUT2D eigenvalue weighted by Crippen LogP contribution is 2.20. The lowest BCUT2D eigenvalue weighted by atomic mass is 10.2. The maximum absolute atomic E-state index is 12.2. The SMILES string of the molecule is Cc1ccc(S(=O)(=O)Cc2ncc(CC#N)s2)cc1. The van der Waals surface area contributed by atoms with Crippen LogP contribution in [-0.4, -0.2) is 13.4 Å². The predicted octanol–water partition coefficient (Wildman–Crippen LogP) is 2.49.